The van der Waals surface area contributed by atoms with Crippen molar-refractivity contribution in [1.29, 1.82) is 0 Å². The van der Waals surface area contributed by atoms with Gasteiger partial charge in [-0.25, -0.2) is 0 Å². The molecule has 3 heteroatoms. The number of carboxylic acid groups (broad SMARTS) is 1. The van der Waals surface area contributed by atoms with Gasteiger partial charge in [-0.2, -0.15) is 0 Å². The van der Waals surface area contributed by atoms with Gasteiger partial charge in [-0.1, -0.05) is 39.9 Å². The van der Waals surface area contributed by atoms with Crippen LogP contribution in [0, 0.1) is 11.8 Å². The molecule has 14 heavy (non-hydrogen) atoms. The molecule has 2 nitrogen and oxygen atoms in total. The first-order valence-electron chi connectivity index (χ1n) is 4.08. The Kier molecular flexibility index (Phi) is 4.21. The van der Waals surface area contributed by atoms with E-state index in [9.17, 15) is 4.79 Å². The summed E-state index contributed by atoms with van der Waals surface area (Å²) in [6.45, 7) is 0. The van der Waals surface area contributed by atoms with Gasteiger partial charge in [0.05, 0.1) is 0 Å². The van der Waals surface area contributed by atoms with Gasteiger partial charge in [0, 0.05) is 10.9 Å². The average molecular weight is 253 g/mol. The fourth-order valence-electron chi connectivity index (χ4n) is 0.954. The molecule has 0 aliphatic heterocycles. The Morgan fingerprint density at radius 1 is 1.50 bits per heavy atom. The third-order valence-electron chi connectivity index (χ3n) is 1.55. The number of alkyl halides is 1. The minimum Gasteiger partial charge on any atom is -0.481 e. The number of hydrogen-bond donors (Lipinski definition) is 1. The monoisotopic (exact) mass is 252 g/mol. The van der Waals surface area contributed by atoms with Gasteiger partial charge in [0.1, 0.15) is 6.42 Å². The molecule has 1 rings (SSSR count). The summed E-state index contributed by atoms with van der Waals surface area (Å²) in [5.41, 5.74) is 1.98. The number of benzene rings is 1. The molecule has 0 aliphatic carbocycles. The van der Waals surface area contributed by atoms with Crippen molar-refractivity contribution in [3.8, 4) is 11.8 Å². The van der Waals surface area contributed by atoms with Crippen LogP contribution in [0.4, 0.5) is 0 Å². The summed E-state index contributed by atoms with van der Waals surface area (Å²) >= 11 is 3.34. The lowest BCUT2D eigenvalue weighted by Gasteiger charge is -1.94. The second-order valence-corrected chi connectivity index (χ2v) is 3.27. The number of aliphatic carboxylic acids is 1. The molecule has 0 aromatic heterocycles. The molecule has 0 heterocycles. The zero-order valence-electron chi connectivity index (χ0n) is 7.46. The lowest BCUT2D eigenvalue weighted by Crippen LogP contribution is -1.90. The van der Waals surface area contributed by atoms with E-state index in [4.69, 9.17) is 5.11 Å². The highest BCUT2D eigenvalue weighted by Gasteiger charge is 1.92. The van der Waals surface area contributed by atoms with Crippen LogP contribution in [-0.2, 0) is 10.1 Å². The Morgan fingerprint density at radius 2 is 2.29 bits per heavy atom. The molecule has 0 aliphatic rings. The van der Waals surface area contributed by atoms with Crippen molar-refractivity contribution < 1.29 is 9.90 Å². The maximum Gasteiger partial charge on any atom is 0.315 e. The van der Waals surface area contributed by atoms with Gasteiger partial charge >= 0.3 is 5.97 Å². The van der Waals surface area contributed by atoms with E-state index in [1.165, 1.54) is 0 Å². The minimum atomic E-state index is -0.894. The largest absolute Gasteiger partial charge is 0.481 e. The minimum absolute atomic E-state index is 0.113. The Morgan fingerprint density at radius 3 is 2.93 bits per heavy atom. The van der Waals surface area contributed by atoms with Crippen LogP contribution in [0.15, 0.2) is 24.3 Å². The lowest BCUT2D eigenvalue weighted by atomic mass is 10.1. The van der Waals surface area contributed by atoms with Gasteiger partial charge in [-0.05, 0) is 17.7 Å². The van der Waals surface area contributed by atoms with Gasteiger partial charge in [-0.3, -0.25) is 4.79 Å². The smallest absolute Gasteiger partial charge is 0.315 e. The molecule has 1 N–H and O–H groups in total. The summed E-state index contributed by atoms with van der Waals surface area (Å²) in [5.74, 6) is 4.49. The molecular formula is C11H9BrO2. The Bertz CT molecular complexity index is 388. The standard InChI is InChI=1S/C11H9BrO2/c12-8-10-5-1-3-9(7-10)4-2-6-11(13)14/h1,3,5,7H,6,8H2,(H,13,14). The number of carbonyl (C=O) groups is 1. The Hall–Kier alpha value is -1.27. The number of carboxylic acids is 1. The van der Waals surface area contributed by atoms with E-state index in [2.05, 4.69) is 27.8 Å². The SMILES string of the molecule is O=C(O)CC#Cc1cccc(CBr)c1. The Labute approximate surface area is 91.1 Å². The first-order chi connectivity index (χ1) is 6.72. The molecule has 0 saturated heterocycles. The van der Waals surface area contributed by atoms with Gasteiger partial charge in [0.15, 0.2) is 0 Å². The molecule has 72 valence electrons. The van der Waals surface area contributed by atoms with Crippen molar-refractivity contribution >= 4 is 21.9 Å². The molecule has 0 unspecified atom stereocenters. The Balaban J connectivity index is 2.74. The van der Waals surface area contributed by atoms with Crippen LogP contribution in [-0.4, -0.2) is 11.1 Å². The molecule has 0 saturated carbocycles. The fourth-order valence-corrected chi connectivity index (χ4v) is 1.30. The topological polar surface area (TPSA) is 37.3 Å². The number of rotatable bonds is 2. The van der Waals surface area contributed by atoms with Crippen molar-refractivity contribution in [1.82, 2.24) is 0 Å². The second-order valence-electron chi connectivity index (χ2n) is 2.71. The molecule has 0 atom stereocenters. The van der Waals surface area contributed by atoms with Crippen LogP contribution in [0.5, 0.6) is 0 Å². The summed E-state index contributed by atoms with van der Waals surface area (Å²) in [6.07, 6.45) is -0.113. The average Bonchev–Trinajstić information content (AvgIpc) is 2.18. The van der Waals surface area contributed by atoms with E-state index in [1.54, 1.807) is 0 Å². The van der Waals surface area contributed by atoms with Crippen molar-refractivity contribution in [2.45, 2.75) is 11.8 Å². The van der Waals surface area contributed by atoms with E-state index in [-0.39, 0.29) is 6.42 Å². The van der Waals surface area contributed by atoms with E-state index in [0.717, 1.165) is 16.5 Å². The normalized spacial score (nSPS) is 8.93. The first-order valence-corrected chi connectivity index (χ1v) is 5.20. The highest BCUT2D eigenvalue weighted by atomic mass is 79.9. The molecule has 0 amide bonds. The van der Waals surface area contributed by atoms with E-state index >= 15 is 0 Å². The predicted molar refractivity (Wildman–Crippen MR) is 58.2 cm³/mol. The number of halogens is 1. The van der Waals surface area contributed by atoms with Crippen LogP contribution >= 0.6 is 15.9 Å². The summed E-state index contributed by atoms with van der Waals surface area (Å²) in [7, 11) is 0. The maximum atomic E-state index is 10.2. The zero-order valence-corrected chi connectivity index (χ0v) is 9.04. The van der Waals surface area contributed by atoms with Gasteiger partial charge in [0.2, 0.25) is 0 Å². The highest BCUT2D eigenvalue weighted by molar-refractivity contribution is 9.08. The van der Waals surface area contributed by atoms with E-state index in [1.807, 2.05) is 24.3 Å². The molecule has 0 radical (unpaired) electrons. The fraction of sp³-hybridized carbons (Fsp3) is 0.182. The van der Waals surface area contributed by atoms with Crippen LogP contribution < -0.4 is 0 Å². The van der Waals surface area contributed by atoms with Crippen molar-refractivity contribution in [3.05, 3.63) is 35.4 Å². The van der Waals surface area contributed by atoms with Crippen molar-refractivity contribution in [2.75, 3.05) is 0 Å². The van der Waals surface area contributed by atoms with Crippen LogP contribution in [0.1, 0.15) is 17.5 Å². The molecule has 1 aromatic rings. The first kappa shape index (κ1) is 10.8. The summed E-state index contributed by atoms with van der Waals surface area (Å²) in [4.78, 5) is 10.2. The molecule has 0 spiro atoms. The van der Waals surface area contributed by atoms with Crippen LogP contribution in [0.2, 0.25) is 0 Å². The summed E-state index contributed by atoms with van der Waals surface area (Å²) in [5, 5.41) is 9.16. The summed E-state index contributed by atoms with van der Waals surface area (Å²) < 4.78 is 0. The highest BCUT2D eigenvalue weighted by Crippen LogP contribution is 2.07. The maximum absolute atomic E-state index is 10.2. The number of hydrogen-bond acceptors (Lipinski definition) is 1. The predicted octanol–water partition coefficient (Wildman–Crippen LogP) is 2.41. The molecule has 0 fully saturated rings. The van der Waals surface area contributed by atoms with Crippen molar-refractivity contribution in [2.24, 2.45) is 0 Å². The second kappa shape index (κ2) is 5.46. The third kappa shape index (κ3) is 3.63. The van der Waals surface area contributed by atoms with Crippen molar-refractivity contribution in [3.63, 3.8) is 0 Å². The third-order valence-corrected chi connectivity index (χ3v) is 2.20. The van der Waals surface area contributed by atoms with Crippen LogP contribution in [0.3, 0.4) is 0 Å². The van der Waals surface area contributed by atoms with Gasteiger partial charge in [-0.15, -0.1) is 0 Å². The summed E-state index contributed by atoms with van der Waals surface area (Å²) in [6, 6.07) is 7.68. The van der Waals surface area contributed by atoms with Gasteiger partial charge < -0.3 is 5.11 Å². The van der Waals surface area contributed by atoms with E-state index in [0.29, 0.717) is 0 Å². The molecule has 0 bridgehead atoms. The molecular weight excluding hydrogens is 244 g/mol. The molecule has 1 aromatic carbocycles. The quantitative estimate of drug-likeness (QED) is 0.649. The lowest BCUT2D eigenvalue weighted by molar-refractivity contribution is -0.135. The van der Waals surface area contributed by atoms with E-state index < -0.39 is 5.97 Å². The zero-order chi connectivity index (χ0) is 10.4. The van der Waals surface area contributed by atoms with Gasteiger partial charge in [0.25, 0.3) is 0 Å². The van der Waals surface area contributed by atoms with Crippen LogP contribution in [0.25, 0.3) is 0 Å².